The third-order valence-electron chi connectivity index (χ3n) is 0.500. The number of ether oxygens (including phenoxy) is 1. The molecule has 32 valence electrons. The van der Waals surface area contributed by atoms with Gasteiger partial charge in [-0.15, -0.1) is 0 Å². The van der Waals surface area contributed by atoms with E-state index in [9.17, 15) is 0 Å². The molecule has 0 radical (unpaired) electrons. The summed E-state index contributed by atoms with van der Waals surface area (Å²) >= 11 is 0. The number of hydrogen-bond acceptors (Lipinski definition) is 1. The van der Waals surface area contributed by atoms with Gasteiger partial charge < -0.3 is 4.74 Å². The summed E-state index contributed by atoms with van der Waals surface area (Å²) in [5.41, 5.74) is 0. The van der Waals surface area contributed by atoms with Gasteiger partial charge in [-0.25, -0.2) is 0 Å². The topological polar surface area (TPSA) is 12.5 Å². The van der Waals surface area contributed by atoms with Gasteiger partial charge in [0.25, 0.3) is 0 Å². The quantitative estimate of drug-likeness (QED) is 0.385. The summed E-state index contributed by atoms with van der Waals surface area (Å²) in [6, 6.07) is 0. The zero-order chi connectivity index (χ0) is 2.99. The maximum Gasteiger partial charge on any atom is 0.0781 e. The number of rotatable bonds is 0. The lowest BCUT2D eigenvalue weighted by Crippen LogP contribution is -1.60. The molecule has 0 spiro atoms. The first-order valence-electron chi connectivity index (χ1n) is 1.51. The van der Waals surface area contributed by atoms with Crippen molar-refractivity contribution in [3.8, 4) is 0 Å². The van der Waals surface area contributed by atoms with E-state index in [0.717, 1.165) is 6.61 Å². The van der Waals surface area contributed by atoms with E-state index in [-0.39, 0.29) is 4.70 Å². The van der Waals surface area contributed by atoms with Gasteiger partial charge >= 0.3 is 0 Å². The van der Waals surface area contributed by atoms with E-state index in [4.69, 9.17) is 4.74 Å². The zero-order valence-electron chi connectivity index (χ0n) is 3.10. The van der Waals surface area contributed by atoms with Crippen LogP contribution in [0.5, 0.6) is 0 Å². The Hall–Kier alpha value is -0.110. The van der Waals surface area contributed by atoms with Crippen LogP contribution in [-0.4, -0.2) is 12.7 Å². The van der Waals surface area contributed by atoms with E-state index < -0.39 is 0 Å². The number of epoxide rings is 1. The van der Waals surface area contributed by atoms with Crippen LogP contribution in [0.3, 0.4) is 0 Å². The molecule has 0 amide bonds. The van der Waals surface area contributed by atoms with Gasteiger partial charge in [0, 0.05) is 0 Å². The van der Waals surface area contributed by atoms with Crippen LogP contribution < -0.4 is 0 Å². The summed E-state index contributed by atoms with van der Waals surface area (Å²) in [5, 5.41) is 0. The van der Waals surface area contributed by atoms with Crippen molar-refractivity contribution in [3.05, 3.63) is 0 Å². The summed E-state index contributed by atoms with van der Waals surface area (Å²) in [4.78, 5) is 0. The number of hydrogen-bond donors (Lipinski definition) is 0. The maximum absolute atomic E-state index is 4.71. The molecule has 2 heteroatoms. The first-order chi connectivity index (χ1) is 1.89. The minimum absolute atomic E-state index is 0. The third-order valence-corrected chi connectivity index (χ3v) is 0.500. The van der Waals surface area contributed by atoms with Crippen LogP contribution in [0.15, 0.2) is 0 Å². The lowest BCUT2D eigenvalue weighted by Gasteiger charge is -1.50. The fourth-order valence-corrected chi connectivity index (χ4v) is 0.0962. The monoisotopic (exact) mass is 78.0 g/mol. The van der Waals surface area contributed by atoms with Crippen molar-refractivity contribution in [2.24, 2.45) is 0 Å². The highest BCUT2D eigenvalue weighted by Crippen LogP contribution is 2.04. The second kappa shape index (κ2) is 1.36. The molecule has 1 saturated heterocycles. The average Bonchev–Trinajstić information content (AvgIpc) is 1.75. The molecular formula is C3H7FO. The van der Waals surface area contributed by atoms with Gasteiger partial charge in [0.15, 0.2) is 0 Å². The molecule has 0 bridgehead atoms. The van der Waals surface area contributed by atoms with Gasteiger partial charge in [-0.1, -0.05) is 0 Å². The molecule has 1 nitrogen and oxygen atoms in total. The van der Waals surface area contributed by atoms with Crippen LogP contribution in [0.25, 0.3) is 0 Å². The van der Waals surface area contributed by atoms with Crippen molar-refractivity contribution in [2.75, 3.05) is 6.61 Å². The van der Waals surface area contributed by atoms with Crippen LogP contribution in [0.4, 0.5) is 4.70 Å². The Morgan fingerprint density at radius 2 is 2.00 bits per heavy atom. The summed E-state index contributed by atoms with van der Waals surface area (Å²) in [6.45, 7) is 3.04. The second-order valence-electron chi connectivity index (χ2n) is 1.14. The van der Waals surface area contributed by atoms with E-state index >= 15 is 0 Å². The van der Waals surface area contributed by atoms with Crippen molar-refractivity contribution in [2.45, 2.75) is 13.0 Å². The number of halogens is 1. The van der Waals surface area contributed by atoms with Crippen LogP contribution in [-0.2, 0) is 4.74 Å². The standard InChI is InChI=1S/C3H6O.FH/c1-3-2-4-3;/h3H,2H2,1H3;1H. The lowest BCUT2D eigenvalue weighted by molar-refractivity contribution is 0.423. The van der Waals surface area contributed by atoms with E-state index in [1.165, 1.54) is 0 Å². The SMILES string of the molecule is CC1CO1.F. The summed E-state index contributed by atoms with van der Waals surface area (Å²) in [5.74, 6) is 0. The van der Waals surface area contributed by atoms with Crippen LogP contribution >= 0.6 is 0 Å². The average molecular weight is 78.1 g/mol. The molecule has 0 N–H and O–H groups in total. The Balaban J connectivity index is 0.000000160. The molecule has 1 unspecified atom stereocenters. The summed E-state index contributed by atoms with van der Waals surface area (Å²) in [7, 11) is 0. The maximum atomic E-state index is 4.71. The molecule has 5 heavy (non-hydrogen) atoms. The molecule has 0 aliphatic carbocycles. The van der Waals surface area contributed by atoms with Gasteiger partial charge in [-0.2, -0.15) is 0 Å². The van der Waals surface area contributed by atoms with Gasteiger partial charge in [-0.05, 0) is 6.92 Å². The molecule has 0 saturated carbocycles. The van der Waals surface area contributed by atoms with E-state index in [1.807, 2.05) is 0 Å². The van der Waals surface area contributed by atoms with Gasteiger partial charge in [0.2, 0.25) is 0 Å². The highest BCUT2D eigenvalue weighted by Gasteiger charge is 2.13. The fourth-order valence-electron chi connectivity index (χ4n) is 0.0962. The normalized spacial score (nSPS) is 31.8. The molecule has 1 rings (SSSR count). The molecule has 1 aliphatic rings. The lowest BCUT2D eigenvalue weighted by atomic mass is 10.6. The van der Waals surface area contributed by atoms with E-state index in [1.54, 1.807) is 0 Å². The first kappa shape index (κ1) is 4.89. The Morgan fingerprint density at radius 1 is 1.80 bits per heavy atom. The molecule has 1 atom stereocenters. The first-order valence-corrected chi connectivity index (χ1v) is 1.51. The smallest absolute Gasteiger partial charge is 0.0781 e. The Bertz CT molecular complexity index is 26.1. The molecule has 0 aromatic rings. The van der Waals surface area contributed by atoms with E-state index in [0.29, 0.717) is 6.10 Å². The van der Waals surface area contributed by atoms with Crippen molar-refractivity contribution in [1.29, 1.82) is 0 Å². The van der Waals surface area contributed by atoms with Crippen LogP contribution in [0, 0.1) is 0 Å². The summed E-state index contributed by atoms with van der Waals surface area (Å²) < 4.78 is 4.71. The molecule has 1 aliphatic heterocycles. The minimum atomic E-state index is 0. The predicted molar refractivity (Wildman–Crippen MR) is 17.9 cm³/mol. The molecule has 1 fully saturated rings. The van der Waals surface area contributed by atoms with Crippen molar-refractivity contribution < 1.29 is 9.44 Å². The molecule has 0 aromatic heterocycles. The predicted octanol–water partition coefficient (Wildman–Crippen LogP) is 0.558. The van der Waals surface area contributed by atoms with Crippen LogP contribution in [0.2, 0.25) is 0 Å². The largest absolute Gasteiger partial charge is 0.373 e. The van der Waals surface area contributed by atoms with Gasteiger partial charge in [-0.3, -0.25) is 4.70 Å². The second-order valence-corrected chi connectivity index (χ2v) is 1.14. The molecular weight excluding hydrogens is 71.0 g/mol. The highest BCUT2D eigenvalue weighted by atomic mass is 19.0. The Kier molecular flexibility index (Phi) is 1.33. The van der Waals surface area contributed by atoms with Gasteiger partial charge in [0.05, 0.1) is 12.7 Å². The molecule has 0 aromatic carbocycles. The minimum Gasteiger partial charge on any atom is -0.373 e. The van der Waals surface area contributed by atoms with Crippen molar-refractivity contribution >= 4 is 0 Å². The van der Waals surface area contributed by atoms with Crippen LogP contribution in [0.1, 0.15) is 6.92 Å². The third kappa shape index (κ3) is 1.66. The fraction of sp³-hybridized carbons (Fsp3) is 1.00. The highest BCUT2D eigenvalue weighted by molar-refractivity contribution is 4.58. The van der Waals surface area contributed by atoms with Crippen molar-refractivity contribution in [1.82, 2.24) is 0 Å². The molecule has 1 heterocycles. The Labute approximate surface area is 30.3 Å². The Morgan fingerprint density at radius 3 is 2.00 bits per heavy atom. The van der Waals surface area contributed by atoms with E-state index in [2.05, 4.69) is 6.92 Å². The van der Waals surface area contributed by atoms with Gasteiger partial charge in [0.1, 0.15) is 0 Å². The summed E-state index contributed by atoms with van der Waals surface area (Å²) in [6.07, 6.45) is 0.583. The zero-order valence-corrected chi connectivity index (χ0v) is 3.10. The van der Waals surface area contributed by atoms with Crippen molar-refractivity contribution in [3.63, 3.8) is 0 Å².